The highest BCUT2D eigenvalue weighted by molar-refractivity contribution is 5.81. The standard InChI is InChI=1S/C13H25NO2/c1-5-10-16-11-6-8-14(9-7-11)12(15)13(2,3)4/h11H,5-10H2,1-4H3. The molecule has 0 aromatic heterocycles. The predicted octanol–water partition coefficient (Wildman–Crippen LogP) is 2.45. The number of nitrogens with zero attached hydrogens (tertiary/aromatic N) is 1. The summed E-state index contributed by atoms with van der Waals surface area (Å²) in [5, 5.41) is 0. The summed E-state index contributed by atoms with van der Waals surface area (Å²) in [7, 11) is 0. The first-order valence-electron chi connectivity index (χ1n) is 6.36. The second kappa shape index (κ2) is 5.67. The van der Waals surface area contributed by atoms with Crippen LogP contribution in [0.25, 0.3) is 0 Å². The van der Waals surface area contributed by atoms with Crippen molar-refractivity contribution in [3.8, 4) is 0 Å². The van der Waals surface area contributed by atoms with Gasteiger partial charge in [0.25, 0.3) is 0 Å². The van der Waals surface area contributed by atoms with Crippen LogP contribution in [0.15, 0.2) is 0 Å². The molecule has 1 fully saturated rings. The van der Waals surface area contributed by atoms with Crippen molar-refractivity contribution in [3.63, 3.8) is 0 Å². The monoisotopic (exact) mass is 227 g/mol. The van der Waals surface area contributed by atoms with Gasteiger partial charge in [0.2, 0.25) is 5.91 Å². The van der Waals surface area contributed by atoms with Crippen LogP contribution in [0.3, 0.4) is 0 Å². The molecule has 1 heterocycles. The van der Waals surface area contributed by atoms with Gasteiger partial charge in [-0.3, -0.25) is 4.79 Å². The molecular formula is C13H25NO2. The van der Waals surface area contributed by atoms with E-state index in [0.717, 1.165) is 39.0 Å². The first-order valence-corrected chi connectivity index (χ1v) is 6.36. The van der Waals surface area contributed by atoms with Gasteiger partial charge in [-0.05, 0) is 19.3 Å². The van der Waals surface area contributed by atoms with Gasteiger partial charge in [-0.2, -0.15) is 0 Å². The third-order valence-electron chi connectivity index (χ3n) is 2.93. The van der Waals surface area contributed by atoms with Crippen molar-refractivity contribution < 1.29 is 9.53 Å². The van der Waals surface area contributed by atoms with Crippen LogP contribution < -0.4 is 0 Å². The van der Waals surface area contributed by atoms with E-state index in [1.165, 1.54) is 0 Å². The highest BCUT2D eigenvalue weighted by Crippen LogP contribution is 2.21. The van der Waals surface area contributed by atoms with Gasteiger partial charge < -0.3 is 9.64 Å². The topological polar surface area (TPSA) is 29.5 Å². The molecule has 1 saturated heterocycles. The zero-order valence-electron chi connectivity index (χ0n) is 11.1. The molecule has 1 aliphatic heterocycles. The minimum atomic E-state index is -0.253. The van der Waals surface area contributed by atoms with Gasteiger partial charge in [-0.15, -0.1) is 0 Å². The van der Waals surface area contributed by atoms with Crippen LogP contribution >= 0.6 is 0 Å². The maximum Gasteiger partial charge on any atom is 0.227 e. The third-order valence-corrected chi connectivity index (χ3v) is 2.93. The Bertz CT molecular complexity index is 225. The third kappa shape index (κ3) is 3.78. The highest BCUT2D eigenvalue weighted by atomic mass is 16.5. The molecule has 0 bridgehead atoms. The highest BCUT2D eigenvalue weighted by Gasteiger charge is 2.30. The molecule has 1 amide bonds. The van der Waals surface area contributed by atoms with E-state index in [0.29, 0.717) is 6.10 Å². The summed E-state index contributed by atoms with van der Waals surface area (Å²) in [6.07, 6.45) is 3.41. The Kier molecular flexibility index (Phi) is 4.78. The van der Waals surface area contributed by atoms with Crippen LogP contribution in [0.2, 0.25) is 0 Å². The Balaban J connectivity index is 2.34. The summed E-state index contributed by atoms with van der Waals surface area (Å²) >= 11 is 0. The number of hydrogen-bond acceptors (Lipinski definition) is 2. The lowest BCUT2D eigenvalue weighted by Gasteiger charge is -2.35. The van der Waals surface area contributed by atoms with E-state index in [1.807, 2.05) is 25.7 Å². The van der Waals surface area contributed by atoms with Crippen molar-refractivity contribution in [2.24, 2.45) is 5.41 Å². The lowest BCUT2D eigenvalue weighted by atomic mass is 9.93. The molecule has 0 atom stereocenters. The van der Waals surface area contributed by atoms with Gasteiger partial charge in [0.1, 0.15) is 0 Å². The van der Waals surface area contributed by atoms with Crippen molar-refractivity contribution in [1.82, 2.24) is 4.90 Å². The second-order valence-corrected chi connectivity index (χ2v) is 5.61. The predicted molar refractivity (Wildman–Crippen MR) is 65.3 cm³/mol. The molecule has 0 unspecified atom stereocenters. The summed E-state index contributed by atoms with van der Waals surface area (Å²) in [6.45, 7) is 10.6. The van der Waals surface area contributed by atoms with Gasteiger partial charge in [0, 0.05) is 25.1 Å². The molecule has 1 aliphatic rings. The fourth-order valence-electron chi connectivity index (χ4n) is 1.98. The van der Waals surface area contributed by atoms with Crippen molar-refractivity contribution in [2.45, 2.75) is 53.1 Å². The van der Waals surface area contributed by atoms with E-state index in [9.17, 15) is 4.79 Å². The lowest BCUT2D eigenvalue weighted by molar-refractivity contribution is -0.142. The van der Waals surface area contributed by atoms with Crippen LogP contribution in [-0.2, 0) is 9.53 Å². The molecule has 0 saturated carbocycles. The number of piperidine rings is 1. The van der Waals surface area contributed by atoms with E-state index < -0.39 is 0 Å². The summed E-state index contributed by atoms with van der Waals surface area (Å²) < 4.78 is 5.71. The summed E-state index contributed by atoms with van der Waals surface area (Å²) in [4.78, 5) is 14.0. The Morgan fingerprint density at radius 3 is 2.31 bits per heavy atom. The first kappa shape index (κ1) is 13.5. The Morgan fingerprint density at radius 2 is 1.88 bits per heavy atom. The zero-order chi connectivity index (χ0) is 12.2. The van der Waals surface area contributed by atoms with Gasteiger partial charge in [0.15, 0.2) is 0 Å². The molecule has 0 radical (unpaired) electrons. The van der Waals surface area contributed by atoms with E-state index in [1.54, 1.807) is 0 Å². The SMILES string of the molecule is CCCOC1CCN(C(=O)C(C)(C)C)CC1. The lowest BCUT2D eigenvalue weighted by Crippen LogP contribution is -2.45. The molecule has 0 spiro atoms. The maximum atomic E-state index is 12.0. The Labute approximate surface area is 99.1 Å². The van der Waals surface area contributed by atoms with E-state index in [2.05, 4.69) is 6.92 Å². The molecule has 0 aromatic rings. The smallest absolute Gasteiger partial charge is 0.227 e. The largest absolute Gasteiger partial charge is 0.378 e. The minimum Gasteiger partial charge on any atom is -0.378 e. The van der Waals surface area contributed by atoms with E-state index >= 15 is 0 Å². The fourth-order valence-corrected chi connectivity index (χ4v) is 1.98. The van der Waals surface area contributed by atoms with Crippen LogP contribution in [-0.4, -0.2) is 36.6 Å². The van der Waals surface area contributed by atoms with Crippen LogP contribution in [0.1, 0.15) is 47.0 Å². The molecule has 1 rings (SSSR count). The normalized spacial score (nSPS) is 18.9. The van der Waals surface area contributed by atoms with Gasteiger partial charge in [-0.1, -0.05) is 27.7 Å². The minimum absolute atomic E-state index is 0.253. The number of likely N-dealkylation sites (tertiary alicyclic amines) is 1. The Morgan fingerprint density at radius 1 is 1.31 bits per heavy atom. The molecule has 0 N–H and O–H groups in total. The Hall–Kier alpha value is -0.570. The number of ether oxygens (including phenoxy) is 1. The number of hydrogen-bond donors (Lipinski definition) is 0. The van der Waals surface area contributed by atoms with E-state index in [-0.39, 0.29) is 11.3 Å². The van der Waals surface area contributed by atoms with Gasteiger partial charge in [0.05, 0.1) is 6.10 Å². The van der Waals surface area contributed by atoms with Gasteiger partial charge >= 0.3 is 0 Å². The molecule has 16 heavy (non-hydrogen) atoms. The summed E-state index contributed by atoms with van der Waals surface area (Å²) in [5.74, 6) is 0.265. The molecule has 3 heteroatoms. The van der Waals surface area contributed by atoms with Crippen molar-refractivity contribution in [3.05, 3.63) is 0 Å². The summed E-state index contributed by atoms with van der Waals surface area (Å²) in [5.41, 5.74) is -0.253. The first-order chi connectivity index (χ1) is 7.45. The molecule has 0 aliphatic carbocycles. The number of carbonyl (C=O) groups is 1. The van der Waals surface area contributed by atoms with Crippen LogP contribution in [0, 0.1) is 5.41 Å². The average molecular weight is 227 g/mol. The number of carbonyl (C=O) groups excluding carboxylic acids is 1. The van der Waals surface area contributed by atoms with Crippen molar-refractivity contribution >= 4 is 5.91 Å². The zero-order valence-corrected chi connectivity index (χ0v) is 11.1. The molecular weight excluding hydrogens is 202 g/mol. The molecule has 94 valence electrons. The molecule has 3 nitrogen and oxygen atoms in total. The fraction of sp³-hybridized carbons (Fsp3) is 0.923. The van der Waals surface area contributed by atoms with Crippen LogP contribution in [0.5, 0.6) is 0 Å². The summed E-state index contributed by atoms with van der Waals surface area (Å²) in [6, 6.07) is 0. The van der Waals surface area contributed by atoms with Crippen molar-refractivity contribution in [1.29, 1.82) is 0 Å². The second-order valence-electron chi connectivity index (χ2n) is 5.61. The van der Waals surface area contributed by atoms with Gasteiger partial charge in [-0.25, -0.2) is 0 Å². The molecule has 0 aromatic carbocycles. The van der Waals surface area contributed by atoms with Crippen LogP contribution in [0.4, 0.5) is 0 Å². The quantitative estimate of drug-likeness (QED) is 0.741. The number of rotatable bonds is 3. The number of amides is 1. The average Bonchev–Trinajstić information content (AvgIpc) is 2.25. The van der Waals surface area contributed by atoms with Crippen molar-refractivity contribution in [2.75, 3.05) is 19.7 Å². The van der Waals surface area contributed by atoms with E-state index in [4.69, 9.17) is 4.74 Å². The maximum absolute atomic E-state index is 12.0.